The number of hydrogen-bond donors (Lipinski definition) is 0. The minimum atomic E-state index is -0.285. The molecule has 1 unspecified atom stereocenters. The molecule has 2 heterocycles. The maximum Gasteiger partial charge on any atom is 0.310 e. The molecule has 1 atom stereocenters. The summed E-state index contributed by atoms with van der Waals surface area (Å²) in [7, 11) is 1.61. The average Bonchev–Trinajstić information content (AvgIpc) is 3.15. The Morgan fingerprint density at radius 2 is 2.07 bits per heavy atom. The summed E-state index contributed by atoms with van der Waals surface area (Å²) in [4.78, 5) is 14.7. The standard InChI is InChI=1S/C23H25NO5/c1-26-19-7-8-21-18(15-28-22(21)12-19)11-23(25)29-16-20-14-24(9-10-27-20)13-17-5-3-2-4-6-17/h2-8,12,15,20H,9-11,13-14,16H2,1H3. The molecule has 0 bridgehead atoms. The molecular weight excluding hydrogens is 370 g/mol. The van der Waals surface area contributed by atoms with E-state index in [1.807, 2.05) is 30.3 Å². The highest BCUT2D eigenvalue weighted by Crippen LogP contribution is 2.26. The molecule has 2 aromatic carbocycles. The minimum absolute atomic E-state index is 0.109. The molecule has 29 heavy (non-hydrogen) atoms. The number of furan rings is 1. The summed E-state index contributed by atoms with van der Waals surface area (Å²) in [6, 6.07) is 15.9. The number of benzene rings is 2. The van der Waals surface area contributed by atoms with Gasteiger partial charge in [0.1, 0.15) is 24.0 Å². The van der Waals surface area contributed by atoms with Gasteiger partial charge in [0.25, 0.3) is 0 Å². The largest absolute Gasteiger partial charge is 0.497 e. The molecular formula is C23H25NO5. The van der Waals surface area contributed by atoms with Crippen LogP contribution in [0.3, 0.4) is 0 Å². The number of methoxy groups -OCH3 is 1. The molecule has 1 aliphatic rings. The van der Waals surface area contributed by atoms with Crippen molar-refractivity contribution in [3.63, 3.8) is 0 Å². The first-order valence-electron chi connectivity index (χ1n) is 9.79. The summed E-state index contributed by atoms with van der Waals surface area (Å²) in [6.45, 7) is 3.40. The predicted octanol–water partition coefficient (Wildman–Crippen LogP) is 3.43. The van der Waals surface area contributed by atoms with E-state index in [9.17, 15) is 4.79 Å². The first-order chi connectivity index (χ1) is 14.2. The van der Waals surface area contributed by atoms with Crippen LogP contribution in [0.4, 0.5) is 0 Å². The third kappa shape index (κ3) is 4.96. The highest BCUT2D eigenvalue weighted by Gasteiger charge is 2.22. The zero-order valence-electron chi connectivity index (χ0n) is 16.5. The summed E-state index contributed by atoms with van der Waals surface area (Å²) in [5.74, 6) is 0.433. The third-order valence-electron chi connectivity index (χ3n) is 5.10. The van der Waals surface area contributed by atoms with Crippen LogP contribution in [0.5, 0.6) is 5.75 Å². The summed E-state index contributed by atoms with van der Waals surface area (Å²) >= 11 is 0. The fourth-order valence-electron chi connectivity index (χ4n) is 3.59. The Labute approximate surface area is 170 Å². The Kier molecular flexibility index (Phi) is 6.12. The van der Waals surface area contributed by atoms with Gasteiger partial charge in [-0.2, -0.15) is 0 Å². The van der Waals surface area contributed by atoms with E-state index < -0.39 is 0 Å². The Hall–Kier alpha value is -2.83. The van der Waals surface area contributed by atoms with Gasteiger partial charge in [0, 0.05) is 36.7 Å². The van der Waals surface area contributed by atoms with Crippen LogP contribution >= 0.6 is 0 Å². The van der Waals surface area contributed by atoms with Gasteiger partial charge in [0.15, 0.2) is 0 Å². The van der Waals surface area contributed by atoms with E-state index in [0.717, 1.165) is 36.3 Å². The van der Waals surface area contributed by atoms with Crippen molar-refractivity contribution in [2.45, 2.75) is 19.1 Å². The smallest absolute Gasteiger partial charge is 0.310 e. The molecule has 1 fully saturated rings. The second-order valence-electron chi connectivity index (χ2n) is 7.20. The first kappa shape index (κ1) is 19.5. The van der Waals surface area contributed by atoms with Gasteiger partial charge >= 0.3 is 5.97 Å². The van der Waals surface area contributed by atoms with Crippen molar-refractivity contribution in [2.75, 3.05) is 33.4 Å². The van der Waals surface area contributed by atoms with Crippen molar-refractivity contribution in [1.29, 1.82) is 0 Å². The molecule has 0 spiro atoms. The lowest BCUT2D eigenvalue weighted by atomic mass is 10.1. The van der Waals surface area contributed by atoms with Gasteiger partial charge in [0.2, 0.25) is 0 Å². The lowest BCUT2D eigenvalue weighted by molar-refractivity contribution is -0.149. The maximum atomic E-state index is 12.3. The molecule has 6 nitrogen and oxygen atoms in total. The summed E-state index contributed by atoms with van der Waals surface area (Å²) in [5, 5.41) is 0.894. The van der Waals surface area contributed by atoms with Gasteiger partial charge in [0.05, 0.1) is 26.4 Å². The summed E-state index contributed by atoms with van der Waals surface area (Å²) in [6.07, 6.45) is 1.66. The quantitative estimate of drug-likeness (QED) is 0.571. The van der Waals surface area contributed by atoms with Crippen molar-refractivity contribution in [2.24, 2.45) is 0 Å². The van der Waals surface area contributed by atoms with Crippen molar-refractivity contribution in [1.82, 2.24) is 4.90 Å². The van der Waals surface area contributed by atoms with E-state index in [-0.39, 0.29) is 25.1 Å². The summed E-state index contributed by atoms with van der Waals surface area (Å²) in [5.41, 5.74) is 2.77. The Bertz CT molecular complexity index is 952. The van der Waals surface area contributed by atoms with Gasteiger partial charge in [-0.3, -0.25) is 9.69 Å². The number of nitrogens with zero attached hydrogens (tertiary/aromatic N) is 1. The van der Waals surface area contributed by atoms with E-state index in [0.29, 0.717) is 12.2 Å². The second-order valence-corrected chi connectivity index (χ2v) is 7.20. The number of fused-ring (bicyclic) bond motifs is 1. The molecule has 0 saturated carbocycles. The normalized spacial score (nSPS) is 17.3. The minimum Gasteiger partial charge on any atom is -0.497 e. The van der Waals surface area contributed by atoms with Crippen LogP contribution in [0.1, 0.15) is 11.1 Å². The molecule has 1 aliphatic heterocycles. The fraction of sp³-hybridized carbons (Fsp3) is 0.348. The van der Waals surface area contributed by atoms with Crippen LogP contribution in [0.25, 0.3) is 11.0 Å². The lowest BCUT2D eigenvalue weighted by Crippen LogP contribution is -2.44. The number of carbonyl (C=O) groups is 1. The van der Waals surface area contributed by atoms with Crippen molar-refractivity contribution < 1.29 is 23.4 Å². The van der Waals surface area contributed by atoms with Crippen LogP contribution in [-0.2, 0) is 27.2 Å². The van der Waals surface area contributed by atoms with Gasteiger partial charge in [-0.15, -0.1) is 0 Å². The molecule has 0 radical (unpaired) electrons. The lowest BCUT2D eigenvalue weighted by Gasteiger charge is -2.32. The van der Waals surface area contributed by atoms with Crippen LogP contribution in [0, 0.1) is 0 Å². The van der Waals surface area contributed by atoms with Crippen LogP contribution < -0.4 is 4.74 Å². The zero-order valence-corrected chi connectivity index (χ0v) is 16.5. The molecule has 6 heteroatoms. The Morgan fingerprint density at radius 3 is 2.90 bits per heavy atom. The SMILES string of the molecule is COc1ccc2c(CC(=O)OCC3CN(Cc4ccccc4)CCO3)coc2c1. The molecule has 0 N–H and O–H groups in total. The Morgan fingerprint density at radius 1 is 1.21 bits per heavy atom. The number of esters is 1. The van der Waals surface area contributed by atoms with Crippen molar-refractivity contribution >= 4 is 16.9 Å². The van der Waals surface area contributed by atoms with Crippen molar-refractivity contribution in [3.05, 3.63) is 65.9 Å². The van der Waals surface area contributed by atoms with E-state index >= 15 is 0 Å². The van der Waals surface area contributed by atoms with Crippen LogP contribution in [-0.4, -0.2) is 50.4 Å². The highest BCUT2D eigenvalue weighted by atomic mass is 16.6. The molecule has 1 saturated heterocycles. The van der Waals surface area contributed by atoms with E-state index in [1.54, 1.807) is 19.4 Å². The zero-order chi connectivity index (χ0) is 20.1. The Balaban J connectivity index is 1.28. The number of hydrogen-bond acceptors (Lipinski definition) is 6. The molecule has 1 aromatic heterocycles. The van der Waals surface area contributed by atoms with Gasteiger partial charge in [-0.05, 0) is 17.7 Å². The monoisotopic (exact) mass is 395 g/mol. The summed E-state index contributed by atoms with van der Waals surface area (Å²) < 4.78 is 22.0. The number of ether oxygens (including phenoxy) is 3. The molecule has 152 valence electrons. The highest BCUT2D eigenvalue weighted by molar-refractivity contribution is 5.86. The van der Waals surface area contributed by atoms with Crippen LogP contribution in [0.2, 0.25) is 0 Å². The number of rotatable bonds is 7. The molecule has 3 aromatic rings. The van der Waals surface area contributed by atoms with E-state index in [1.165, 1.54) is 5.56 Å². The van der Waals surface area contributed by atoms with Crippen molar-refractivity contribution in [3.8, 4) is 5.75 Å². The predicted molar refractivity (Wildman–Crippen MR) is 109 cm³/mol. The number of carbonyl (C=O) groups excluding carboxylic acids is 1. The molecule has 0 aliphatic carbocycles. The van der Waals surface area contributed by atoms with E-state index in [4.69, 9.17) is 18.6 Å². The number of morpholine rings is 1. The third-order valence-corrected chi connectivity index (χ3v) is 5.10. The first-order valence-corrected chi connectivity index (χ1v) is 9.79. The topological polar surface area (TPSA) is 61.1 Å². The van der Waals surface area contributed by atoms with E-state index in [2.05, 4.69) is 17.0 Å². The van der Waals surface area contributed by atoms with Gasteiger partial charge < -0.3 is 18.6 Å². The second kappa shape index (κ2) is 9.11. The molecule has 4 rings (SSSR count). The fourth-order valence-corrected chi connectivity index (χ4v) is 3.59. The van der Waals surface area contributed by atoms with Gasteiger partial charge in [-0.25, -0.2) is 0 Å². The average molecular weight is 395 g/mol. The van der Waals surface area contributed by atoms with Crippen LogP contribution in [0.15, 0.2) is 59.2 Å². The molecule has 0 amide bonds. The van der Waals surface area contributed by atoms with Gasteiger partial charge in [-0.1, -0.05) is 30.3 Å². The maximum absolute atomic E-state index is 12.3.